The van der Waals surface area contributed by atoms with Gasteiger partial charge in [0.2, 0.25) is 0 Å². The molecule has 0 radical (unpaired) electrons. The first-order valence-corrected chi connectivity index (χ1v) is 11.3. The van der Waals surface area contributed by atoms with E-state index in [0.29, 0.717) is 29.1 Å². The summed E-state index contributed by atoms with van der Waals surface area (Å²) in [6, 6.07) is 22.8. The SMILES string of the molecule is Cc1ccc(-c2nn(Cc3ccccc3)cc2C(=O)OCc2cc(=O)n3cc(C)ccc3n2)cc1. The molecule has 5 aromatic rings. The summed E-state index contributed by atoms with van der Waals surface area (Å²) in [5, 5.41) is 4.69. The average molecular weight is 465 g/mol. The zero-order valence-electron chi connectivity index (χ0n) is 19.5. The summed E-state index contributed by atoms with van der Waals surface area (Å²) in [7, 11) is 0. The van der Waals surface area contributed by atoms with Crippen LogP contribution in [0.25, 0.3) is 16.9 Å². The van der Waals surface area contributed by atoms with Crippen molar-refractivity contribution in [2.45, 2.75) is 27.0 Å². The van der Waals surface area contributed by atoms with Gasteiger partial charge >= 0.3 is 5.97 Å². The van der Waals surface area contributed by atoms with Crippen molar-refractivity contribution in [2.24, 2.45) is 0 Å². The summed E-state index contributed by atoms with van der Waals surface area (Å²) in [5.74, 6) is -0.522. The van der Waals surface area contributed by atoms with Gasteiger partial charge in [0.25, 0.3) is 5.56 Å². The van der Waals surface area contributed by atoms with Crippen LogP contribution in [0.15, 0.2) is 90.0 Å². The summed E-state index contributed by atoms with van der Waals surface area (Å²) in [6.07, 6.45) is 3.44. The van der Waals surface area contributed by atoms with E-state index in [1.165, 1.54) is 10.5 Å². The molecule has 174 valence electrons. The number of esters is 1. The predicted octanol–water partition coefficient (Wildman–Crippen LogP) is 4.58. The van der Waals surface area contributed by atoms with Crippen molar-refractivity contribution in [3.8, 4) is 11.3 Å². The van der Waals surface area contributed by atoms with E-state index in [1.54, 1.807) is 23.1 Å². The first-order chi connectivity index (χ1) is 17.0. The number of aryl methyl sites for hydroxylation is 2. The number of benzene rings is 2. The molecule has 0 amide bonds. The largest absolute Gasteiger partial charge is 0.455 e. The molecule has 0 aliphatic rings. The molecule has 7 nitrogen and oxygen atoms in total. The minimum absolute atomic E-state index is 0.115. The average Bonchev–Trinajstić information content (AvgIpc) is 3.28. The molecule has 0 saturated carbocycles. The van der Waals surface area contributed by atoms with Gasteiger partial charge < -0.3 is 4.74 Å². The molecule has 3 heterocycles. The summed E-state index contributed by atoms with van der Waals surface area (Å²) in [4.78, 5) is 30.1. The van der Waals surface area contributed by atoms with E-state index in [4.69, 9.17) is 9.84 Å². The quantitative estimate of drug-likeness (QED) is 0.344. The van der Waals surface area contributed by atoms with Crippen molar-refractivity contribution in [1.82, 2.24) is 19.2 Å². The number of pyridine rings is 1. The second-order valence-corrected chi connectivity index (χ2v) is 8.54. The predicted molar refractivity (Wildman–Crippen MR) is 133 cm³/mol. The van der Waals surface area contributed by atoms with Crippen LogP contribution < -0.4 is 5.56 Å². The number of nitrogens with zero attached hydrogens (tertiary/aromatic N) is 4. The molecule has 0 spiro atoms. The summed E-state index contributed by atoms with van der Waals surface area (Å²) in [6.45, 7) is 4.32. The Hall–Kier alpha value is -4.52. The van der Waals surface area contributed by atoms with Crippen LogP contribution in [-0.2, 0) is 17.9 Å². The molecule has 0 aliphatic heterocycles. The molecule has 0 fully saturated rings. The molecule has 3 aromatic heterocycles. The zero-order chi connectivity index (χ0) is 24.4. The topological polar surface area (TPSA) is 78.5 Å². The van der Waals surface area contributed by atoms with E-state index in [2.05, 4.69) is 4.98 Å². The van der Waals surface area contributed by atoms with Crippen molar-refractivity contribution in [3.05, 3.63) is 123 Å². The summed E-state index contributed by atoms with van der Waals surface area (Å²) < 4.78 is 8.80. The maximum atomic E-state index is 13.2. The molecule has 0 saturated heterocycles. The fraction of sp³-hybridized carbons (Fsp3) is 0.143. The number of aromatic nitrogens is 4. The number of ether oxygens (including phenoxy) is 1. The Kier molecular flexibility index (Phi) is 5.97. The first kappa shape index (κ1) is 22.3. The van der Waals surface area contributed by atoms with Crippen LogP contribution >= 0.6 is 0 Å². The van der Waals surface area contributed by atoms with Gasteiger partial charge in [-0.25, -0.2) is 9.78 Å². The monoisotopic (exact) mass is 464 g/mol. The molecule has 7 heteroatoms. The number of rotatable bonds is 6. The summed E-state index contributed by atoms with van der Waals surface area (Å²) >= 11 is 0. The number of hydrogen-bond acceptors (Lipinski definition) is 5. The maximum Gasteiger partial charge on any atom is 0.342 e. The van der Waals surface area contributed by atoms with Gasteiger partial charge in [-0.1, -0.05) is 66.2 Å². The van der Waals surface area contributed by atoms with Gasteiger partial charge in [-0.15, -0.1) is 0 Å². The third-order valence-corrected chi connectivity index (χ3v) is 5.71. The molecule has 35 heavy (non-hydrogen) atoms. The molecule has 0 unspecified atom stereocenters. The highest BCUT2D eigenvalue weighted by molar-refractivity contribution is 5.96. The lowest BCUT2D eigenvalue weighted by atomic mass is 10.1. The van der Waals surface area contributed by atoms with Crippen LogP contribution in [0.1, 0.15) is 32.7 Å². The molecule has 5 rings (SSSR count). The van der Waals surface area contributed by atoms with Gasteiger partial charge in [-0.2, -0.15) is 5.10 Å². The maximum absolute atomic E-state index is 13.2. The van der Waals surface area contributed by atoms with Crippen molar-refractivity contribution < 1.29 is 9.53 Å². The highest BCUT2D eigenvalue weighted by Crippen LogP contribution is 2.24. The van der Waals surface area contributed by atoms with Gasteiger partial charge in [-0.3, -0.25) is 13.9 Å². The van der Waals surface area contributed by atoms with E-state index in [9.17, 15) is 9.59 Å². The number of fused-ring (bicyclic) bond motifs is 1. The Morgan fingerprint density at radius 1 is 0.914 bits per heavy atom. The number of carbonyl (C=O) groups excluding carboxylic acids is 1. The Morgan fingerprint density at radius 2 is 1.66 bits per heavy atom. The smallest absolute Gasteiger partial charge is 0.342 e. The van der Waals surface area contributed by atoms with Crippen LogP contribution in [0.3, 0.4) is 0 Å². The standard InChI is InChI=1S/C28H24N4O3/c1-19-8-11-22(12-9-19)27-24(17-31(30-27)16-21-6-4-3-5-7-21)28(34)35-18-23-14-26(33)32-15-20(2)10-13-25(32)29-23/h3-15,17H,16,18H2,1-2H3. The van der Waals surface area contributed by atoms with Gasteiger partial charge in [-0.05, 0) is 31.0 Å². The van der Waals surface area contributed by atoms with Gasteiger partial charge in [0, 0.05) is 24.0 Å². The second-order valence-electron chi connectivity index (χ2n) is 8.54. The lowest BCUT2D eigenvalue weighted by molar-refractivity contribution is 0.0468. The molecule has 0 atom stereocenters. The van der Waals surface area contributed by atoms with Crippen molar-refractivity contribution in [2.75, 3.05) is 0 Å². The first-order valence-electron chi connectivity index (χ1n) is 11.3. The van der Waals surface area contributed by atoms with Crippen molar-refractivity contribution in [3.63, 3.8) is 0 Å². The molecule has 0 N–H and O–H groups in total. The van der Waals surface area contributed by atoms with Gasteiger partial charge in [0.15, 0.2) is 0 Å². The minimum Gasteiger partial charge on any atom is -0.455 e. The molecular formula is C28H24N4O3. The molecule has 0 aliphatic carbocycles. The van der Waals surface area contributed by atoms with Crippen LogP contribution in [-0.4, -0.2) is 25.1 Å². The van der Waals surface area contributed by atoms with Crippen molar-refractivity contribution in [1.29, 1.82) is 0 Å². The zero-order valence-corrected chi connectivity index (χ0v) is 19.5. The fourth-order valence-electron chi connectivity index (χ4n) is 3.90. The van der Waals surface area contributed by atoms with Crippen LogP contribution in [0, 0.1) is 13.8 Å². The van der Waals surface area contributed by atoms with E-state index in [-0.39, 0.29) is 12.2 Å². The lowest BCUT2D eigenvalue weighted by Crippen LogP contribution is -2.17. The minimum atomic E-state index is -0.522. The third-order valence-electron chi connectivity index (χ3n) is 5.71. The van der Waals surface area contributed by atoms with Crippen molar-refractivity contribution >= 4 is 11.6 Å². The van der Waals surface area contributed by atoms with Crippen LogP contribution in [0.2, 0.25) is 0 Å². The van der Waals surface area contributed by atoms with E-state index in [1.807, 2.05) is 74.5 Å². The summed E-state index contributed by atoms with van der Waals surface area (Å²) in [5.41, 5.74) is 5.55. The number of carbonyl (C=O) groups is 1. The third kappa shape index (κ3) is 4.89. The van der Waals surface area contributed by atoms with E-state index < -0.39 is 5.97 Å². The highest BCUT2D eigenvalue weighted by Gasteiger charge is 2.20. The fourth-order valence-corrected chi connectivity index (χ4v) is 3.90. The normalized spacial score (nSPS) is 11.0. The lowest BCUT2D eigenvalue weighted by Gasteiger charge is -2.07. The Morgan fingerprint density at radius 3 is 2.43 bits per heavy atom. The van der Waals surface area contributed by atoms with Crippen LogP contribution in [0.5, 0.6) is 0 Å². The highest BCUT2D eigenvalue weighted by atomic mass is 16.5. The Labute approximate surface area is 202 Å². The van der Waals surface area contributed by atoms with E-state index in [0.717, 1.165) is 22.3 Å². The Balaban J connectivity index is 1.43. The van der Waals surface area contributed by atoms with Gasteiger partial charge in [0.1, 0.15) is 23.5 Å². The second kappa shape index (κ2) is 9.38. The molecule has 0 bridgehead atoms. The van der Waals surface area contributed by atoms with Crippen LogP contribution in [0.4, 0.5) is 0 Å². The van der Waals surface area contributed by atoms with Gasteiger partial charge in [0.05, 0.1) is 12.2 Å². The molecular weight excluding hydrogens is 440 g/mol. The van der Waals surface area contributed by atoms with E-state index >= 15 is 0 Å². The Bertz CT molecular complexity index is 1570. The number of hydrogen-bond donors (Lipinski definition) is 0. The molecule has 2 aromatic carbocycles.